The Morgan fingerprint density at radius 3 is 2.87 bits per heavy atom. The highest BCUT2D eigenvalue weighted by Crippen LogP contribution is 2.22. The molecule has 0 unspecified atom stereocenters. The van der Waals surface area contributed by atoms with E-state index in [0.717, 1.165) is 20.1 Å². The topological polar surface area (TPSA) is 33.2 Å². The third kappa shape index (κ3) is 3.94. The number of nitrogens with zero attached hydrogens (tertiary/aromatic N) is 2. The van der Waals surface area contributed by atoms with E-state index in [1.54, 1.807) is 45.8 Å². The third-order valence-electron chi connectivity index (χ3n) is 3.27. The summed E-state index contributed by atoms with van der Waals surface area (Å²) in [6, 6.07) is 12.0. The lowest BCUT2D eigenvalue weighted by Gasteiger charge is -2.18. The van der Waals surface area contributed by atoms with Gasteiger partial charge in [0, 0.05) is 17.5 Å². The van der Waals surface area contributed by atoms with Gasteiger partial charge in [-0.15, -0.1) is 29.3 Å². The van der Waals surface area contributed by atoms with Gasteiger partial charge in [0.1, 0.15) is 5.01 Å². The summed E-state index contributed by atoms with van der Waals surface area (Å²) in [6.07, 6.45) is 5.13. The van der Waals surface area contributed by atoms with Crippen LogP contribution in [0.4, 0.5) is 0 Å². The summed E-state index contributed by atoms with van der Waals surface area (Å²) in [5, 5.41) is 2.86. The van der Waals surface area contributed by atoms with Gasteiger partial charge in [0.05, 0.1) is 16.8 Å². The Hall–Kier alpha value is -2.24. The highest BCUT2D eigenvalue weighted by atomic mass is 32.1. The predicted molar refractivity (Wildman–Crippen MR) is 98.6 cm³/mol. The van der Waals surface area contributed by atoms with E-state index in [1.165, 1.54) is 0 Å². The Labute approximate surface area is 143 Å². The van der Waals surface area contributed by atoms with Crippen LogP contribution in [0.5, 0.6) is 0 Å². The lowest BCUT2D eigenvalue weighted by molar-refractivity contribution is -0.126. The fourth-order valence-corrected chi connectivity index (χ4v) is 3.78. The molecule has 0 saturated carbocycles. The number of benzene rings is 1. The van der Waals surface area contributed by atoms with Crippen molar-refractivity contribution >= 4 is 44.9 Å². The van der Waals surface area contributed by atoms with Crippen LogP contribution in [0.1, 0.15) is 9.88 Å². The van der Waals surface area contributed by atoms with Gasteiger partial charge in [-0.2, -0.15) is 0 Å². The summed E-state index contributed by atoms with van der Waals surface area (Å²) in [5.41, 5.74) is 0.964. The summed E-state index contributed by atoms with van der Waals surface area (Å²) in [6.45, 7) is 4.87. The number of para-hydroxylation sites is 1. The minimum absolute atomic E-state index is 0.0300. The van der Waals surface area contributed by atoms with Crippen molar-refractivity contribution in [3.8, 4) is 0 Å². The second kappa shape index (κ2) is 7.35. The number of thiazole rings is 1. The SMILES string of the molecule is C=CCN(Cc1cccs1)C(=O)C=Cc1nc2ccccc2s1. The highest BCUT2D eigenvalue weighted by Gasteiger charge is 2.10. The van der Waals surface area contributed by atoms with Crippen LogP contribution < -0.4 is 0 Å². The van der Waals surface area contributed by atoms with Crippen LogP contribution in [0.25, 0.3) is 16.3 Å². The molecular weight excluding hydrogens is 324 g/mol. The number of hydrogen-bond acceptors (Lipinski definition) is 4. The maximum atomic E-state index is 12.4. The minimum atomic E-state index is -0.0300. The van der Waals surface area contributed by atoms with Gasteiger partial charge in [-0.3, -0.25) is 4.79 Å². The molecule has 0 aliphatic heterocycles. The van der Waals surface area contributed by atoms with E-state index in [-0.39, 0.29) is 5.91 Å². The zero-order chi connectivity index (χ0) is 16.1. The molecule has 2 heterocycles. The van der Waals surface area contributed by atoms with Crippen molar-refractivity contribution < 1.29 is 4.79 Å². The molecule has 0 bridgehead atoms. The van der Waals surface area contributed by atoms with E-state index in [2.05, 4.69) is 11.6 Å². The molecule has 0 saturated heterocycles. The highest BCUT2D eigenvalue weighted by molar-refractivity contribution is 7.19. The van der Waals surface area contributed by atoms with Crippen LogP contribution in [0, 0.1) is 0 Å². The van der Waals surface area contributed by atoms with Crippen LogP contribution >= 0.6 is 22.7 Å². The van der Waals surface area contributed by atoms with Crippen LogP contribution in [0.3, 0.4) is 0 Å². The number of rotatable bonds is 6. The number of thiophene rings is 1. The fraction of sp³-hybridized carbons (Fsp3) is 0.111. The summed E-state index contributed by atoms with van der Waals surface area (Å²) in [4.78, 5) is 19.9. The van der Waals surface area contributed by atoms with Gasteiger partial charge < -0.3 is 4.90 Å². The minimum Gasteiger partial charge on any atom is -0.330 e. The van der Waals surface area contributed by atoms with Gasteiger partial charge in [-0.25, -0.2) is 4.98 Å². The number of carbonyl (C=O) groups is 1. The van der Waals surface area contributed by atoms with Crippen molar-refractivity contribution in [1.82, 2.24) is 9.88 Å². The van der Waals surface area contributed by atoms with E-state index in [4.69, 9.17) is 0 Å². The lowest BCUT2D eigenvalue weighted by Crippen LogP contribution is -2.28. The Morgan fingerprint density at radius 1 is 1.26 bits per heavy atom. The zero-order valence-corrected chi connectivity index (χ0v) is 14.1. The average Bonchev–Trinajstić information content (AvgIpc) is 3.21. The first-order chi connectivity index (χ1) is 11.3. The van der Waals surface area contributed by atoms with Crippen LogP contribution in [0.2, 0.25) is 0 Å². The molecule has 3 rings (SSSR count). The Bertz CT molecular complexity index is 801. The van der Waals surface area contributed by atoms with E-state index in [0.29, 0.717) is 13.1 Å². The van der Waals surface area contributed by atoms with E-state index >= 15 is 0 Å². The Kier molecular flexibility index (Phi) is 5.00. The quantitative estimate of drug-likeness (QED) is 0.486. The molecule has 0 atom stereocenters. The Morgan fingerprint density at radius 2 is 2.13 bits per heavy atom. The van der Waals surface area contributed by atoms with Gasteiger partial charge in [-0.1, -0.05) is 24.3 Å². The number of carbonyl (C=O) groups excluding carboxylic acids is 1. The normalized spacial score (nSPS) is 11.1. The Balaban J connectivity index is 1.73. The third-order valence-corrected chi connectivity index (χ3v) is 5.13. The number of hydrogen-bond donors (Lipinski definition) is 0. The summed E-state index contributed by atoms with van der Waals surface area (Å²) >= 11 is 3.23. The molecular formula is C18H16N2OS2. The monoisotopic (exact) mass is 340 g/mol. The van der Waals surface area contributed by atoms with Crippen LogP contribution in [-0.4, -0.2) is 22.3 Å². The maximum absolute atomic E-state index is 12.4. The smallest absolute Gasteiger partial charge is 0.247 e. The molecule has 0 spiro atoms. The van der Waals surface area contributed by atoms with Crippen molar-refractivity contribution in [2.24, 2.45) is 0 Å². The van der Waals surface area contributed by atoms with E-state index in [9.17, 15) is 4.79 Å². The fourth-order valence-electron chi connectivity index (χ4n) is 2.19. The van der Waals surface area contributed by atoms with Gasteiger partial charge in [0.25, 0.3) is 0 Å². The maximum Gasteiger partial charge on any atom is 0.247 e. The molecule has 0 radical (unpaired) electrons. The van der Waals surface area contributed by atoms with E-state index in [1.807, 2.05) is 41.8 Å². The second-order valence-electron chi connectivity index (χ2n) is 4.94. The predicted octanol–water partition coefficient (Wildman–Crippen LogP) is 4.59. The molecule has 0 fully saturated rings. The molecule has 3 aromatic rings. The zero-order valence-electron chi connectivity index (χ0n) is 12.5. The van der Waals surface area contributed by atoms with Crippen molar-refractivity contribution in [3.63, 3.8) is 0 Å². The van der Waals surface area contributed by atoms with Crippen molar-refractivity contribution in [2.75, 3.05) is 6.54 Å². The summed E-state index contributed by atoms with van der Waals surface area (Å²) in [7, 11) is 0. The molecule has 1 aromatic carbocycles. The second-order valence-corrected chi connectivity index (χ2v) is 7.03. The van der Waals surface area contributed by atoms with Crippen molar-refractivity contribution in [3.05, 3.63) is 70.4 Å². The molecule has 116 valence electrons. The molecule has 2 aromatic heterocycles. The first kappa shape index (κ1) is 15.6. The standard InChI is InChI=1S/C18H16N2OS2/c1-2-11-20(13-14-6-5-12-22-14)18(21)10-9-17-19-15-7-3-4-8-16(15)23-17/h2-10,12H,1,11,13H2. The molecule has 3 nitrogen and oxygen atoms in total. The first-order valence-electron chi connectivity index (χ1n) is 7.22. The van der Waals surface area contributed by atoms with Crippen molar-refractivity contribution in [2.45, 2.75) is 6.54 Å². The molecule has 1 amide bonds. The first-order valence-corrected chi connectivity index (χ1v) is 8.92. The number of fused-ring (bicyclic) bond motifs is 1. The lowest BCUT2D eigenvalue weighted by atomic mass is 10.3. The molecule has 0 N–H and O–H groups in total. The summed E-state index contributed by atoms with van der Waals surface area (Å²) < 4.78 is 1.13. The van der Waals surface area contributed by atoms with Gasteiger partial charge in [0.15, 0.2) is 0 Å². The molecule has 0 aliphatic rings. The van der Waals surface area contributed by atoms with Gasteiger partial charge >= 0.3 is 0 Å². The average molecular weight is 340 g/mol. The van der Waals surface area contributed by atoms with Crippen LogP contribution in [0.15, 0.2) is 60.5 Å². The number of amides is 1. The molecule has 23 heavy (non-hydrogen) atoms. The molecule has 5 heteroatoms. The number of aromatic nitrogens is 1. The van der Waals surface area contributed by atoms with Gasteiger partial charge in [-0.05, 0) is 29.7 Å². The van der Waals surface area contributed by atoms with E-state index < -0.39 is 0 Å². The van der Waals surface area contributed by atoms with Crippen molar-refractivity contribution in [1.29, 1.82) is 0 Å². The summed E-state index contributed by atoms with van der Waals surface area (Å²) in [5.74, 6) is -0.0300. The van der Waals surface area contributed by atoms with Crippen LogP contribution in [-0.2, 0) is 11.3 Å². The van der Waals surface area contributed by atoms with Gasteiger partial charge in [0.2, 0.25) is 5.91 Å². The molecule has 0 aliphatic carbocycles. The largest absolute Gasteiger partial charge is 0.330 e.